The average molecular weight is 345 g/mol. The highest BCUT2D eigenvalue weighted by atomic mass is 16.3. The maximum Gasteiger partial charge on any atom is 0.224 e. The van der Waals surface area contributed by atoms with E-state index in [-0.39, 0.29) is 12.5 Å². The Morgan fingerprint density at radius 2 is 1.35 bits per heavy atom. The number of carbonyl (C=O) groups excluding carboxylic acids is 1. The second-order valence-electron chi connectivity index (χ2n) is 6.39. The van der Waals surface area contributed by atoms with Crippen LogP contribution in [-0.4, -0.2) is 23.7 Å². The molecule has 0 heterocycles. The molecule has 3 aromatic rings. The molecule has 2 N–H and O–H groups in total. The molecule has 0 bridgehead atoms. The minimum Gasteiger partial charge on any atom is -0.391 e. The number of rotatable bonds is 7. The summed E-state index contributed by atoms with van der Waals surface area (Å²) in [6.07, 6.45) is 0.266. The number of hydrogen-bond acceptors (Lipinski definition) is 2. The van der Waals surface area contributed by atoms with Gasteiger partial charge in [-0.05, 0) is 22.3 Å². The standard InChI is InChI=1S/C23H23NO2/c25-22(15-18-7-3-1-4-8-18)17-24-23(26)16-19-11-13-21(14-12-19)20-9-5-2-6-10-20/h1-14,22,25H,15-17H2,(H,24,26)/t22-/m1/s1. The number of aliphatic hydroxyl groups excluding tert-OH is 1. The first-order chi connectivity index (χ1) is 12.7. The lowest BCUT2D eigenvalue weighted by Gasteiger charge is -2.12. The van der Waals surface area contributed by atoms with Gasteiger partial charge in [-0.15, -0.1) is 0 Å². The fraction of sp³-hybridized carbons (Fsp3) is 0.174. The van der Waals surface area contributed by atoms with Crippen molar-refractivity contribution in [3.63, 3.8) is 0 Å². The predicted molar refractivity (Wildman–Crippen MR) is 105 cm³/mol. The molecule has 0 unspecified atom stereocenters. The summed E-state index contributed by atoms with van der Waals surface area (Å²) in [5.41, 5.74) is 4.31. The van der Waals surface area contributed by atoms with Crippen molar-refractivity contribution in [2.45, 2.75) is 18.9 Å². The fourth-order valence-electron chi connectivity index (χ4n) is 2.88. The van der Waals surface area contributed by atoms with Crippen molar-refractivity contribution in [3.05, 3.63) is 96.1 Å². The first-order valence-electron chi connectivity index (χ1n) is 8.84. The molecule has 0 fully saturated rings. The van der Waals surface area contributed by atoms with Crippen LogP contribution in [0.3, 0.4) is 0 Å². The number of aliphatic hydroxyl groups is 1. The number of nitrogens with one attached hydrogen (secondary N) is 1. The summed E-state index contributed by atoms with van der Waals surface area (Å²) in [6, 6.07) is 27.9. The molecule has 3 aromatic carbocycles. The van der Waals surface area contributed by atoms with Gasteiger partial charge in [0.25, 0.3) is 0 Å². The molecule has 0 saturated carbocycles. The number of hydrogen-bond donors (Lipinski definition) is 2. The minimum absolute atomic E-state index is 0.0791. The van der Waals surface area contributed by atoms with Crippen LogP contribution in [0.15, 0.2) is 84.9 Å². The van der Waals surface area contributed by atoms with Gasteiger partial charge in [-0.2, -0.15) is 0 Å². The molecule has 26 heavy (non-hydrogen) atoms. The first-order valence-corrected chi connectivity index (χ1v) is 8.84. The third-order valence-electron chi connectivity index (χ3n) is 4.27. The average Bonchev–Trinajstić information content (AvgIpc) is 2.68. The topological polar surface area (TPSA) is 49.3 Å². The van der Waals surface area contributed by atoms with Crippen LogP contribution in [0, 0.1) is 0 Å². The van der Waals surface area contributed by atoms with Gasteiger partial charge in [0, 0.05) is 13.0 Å². The normalized spacial score (nSPS) is 11.7. The third kappa shape index (κ3) is 5.30. The zero-order valence-corrected chi connectivity index (χ0v) is 14.6. The second-order valence-corrected chi connectivity index (χ2v) is 6.39. The molecule has 1 atom stereocenters. The van der Waals surface area contributed by atoms with Crippen LogP contribution in [0.5, 0.6) is 0 Å². The smallest absolute Gasteiger partial charge is 0.224 e. The molecule has 0 aliphatic carbocycles. The molecule has 0 saturated heterocycles. The highest BCUT2D eigenvalue weighted by Crippen LogP contribution is 2.19. The Kier molecular flexibility index (Phi) is 6.18. The summed E-state index contributed by atoms with van der Waals surface area (Å²) in [5.74, 6) is -0.0791. The van der Waals surface area contributed by atoms with Crippen molar-refractivity contribution in [2.24, 2.45) is 0 Å². The minimum atomic E-state index is -0.582. The third-order valence-corrected chi connectivity index (χ3v) is 4.27. The molecule has 3 heteroatoms. The van der Waals surface area contributed by atoms with E-state index in [1.807, 2.05) is 72.8 Å². The Bertz CT molecular complexity index is 814. The van der Waals surface area contributed by atoms with Gasteiger partial charge >= 0.3 is 0 Å². The molecule has 0 radical (unpaired) electrons. The summed E-state index contributed by atoms with van der Waals surface area (Å²) < 4.78 is 0. The van der Waals surface area contributed by atoms with Gasteiger partial charge in [0.05, 0.1) is 12.5 Å². The molecular weight excluding hydrogens is 322 g/mol. The lowest BCUT2D eigenvalue weighted by Crippen LogP contribution is -2.34. The zero-order chi connectivity index (χ0) is 18.2. The van der Waals surface area contributed by atoms with Crippen LogP contribution in [0.4, 0.5) is 0 Å². The van der Waals surface area contributed by atoms with E-state index in [1.54, 1.807) is 0 Å². The Morgan fingerprint density at radius 3 is 2.00 bits per heavy atom. The van der Waals surface area contributed by atoms with Gasteiger partial charge in [-0.25, -0.2) is 0 Å². The van der Waals surface area contributed by atoms with Crippen LogP contribution in [0.2, 0.25) is 0 Å². The maximum atomic E-state index is 12.1. The highest BCUT2D eigenvalue weighted by Gasteiger charge is 2.09. The van der Waals surface area contributed by atoms with Crippen LogP contribution in [0.25, 0.3) is 11.1 Å². The number of amides is 1. The number of carbonyl (C=O) groups is 1. The largest absolute Gasteiger partial charge is 0.391 e. The van der Waals surface area contributed by atoms with E-state index in [4.69, 9.17) is 0 Å². The van der Waals surface area contributed by atoms with Gasteiger partial charge < -0.3 is 10.4 Å². The van der Waals surface area contributed by atoms with E-state index in [9.17, 15) is 9.90 Å². The predicted octanol–water partition coefficient (Wildman–Crippen LogP) is 3.62. The molecule has 132 valence electrons. The van der Waals surface area contributed by atoms with Crippen molar-refractivity contribution in [1.82, 2.24) is 5.32 Å². The Labute approximate surface area is 154 Å². The summed E-state index contributed by atoms with van der Waals surface area (Å²) in [5, 5.41) is 12.9. The highest BCUT2D eigenvalue weighted by molar-refractivity contribution is 5.78. The van der Waals surface area contributed by atoms with E-state index in [1.165, 1.54) is 0 Å². The molecule has 0 aliphatic heterocycles. The van der Waals surface area contributed by atoms with Gasteiger partial charge in [0.15, 0.2) is 0 Å². The molecule has 0 aliphatic rings. The molecule has 3 nitrogen and oxygen atoms in total. The molecule has 0 aromatic heterocycles. The van der Waals surface area contributed by atoms with Gasteiger partial charge in [-0.3, -0.25) is 4.79 Å². The van der Waals surface area contributed by atoms with Crippen molar-refractivity contribution >= 4 is 5.91 Å². The van der Waals surface area contributed by atoms with Crippen molar-refractivity contribution in [3.8, 4) is 11.1 Å². The Morgan fingerprint density at radius 1 is 0.769 bits per heavy atom. The van der Waals surface area contributed by atoms with Crippen molar-refractivity contribution in [2.75, 3.05) is 6.54 Å². The Balaban J connectivity index is 1.47. The summed E-state index contributed by atoms with van der Waals surface area (Å²) in [6.45, 7) is 0.260. The van der Waals surface area contributed by atoms with Crippen molar-refractivity contribution in [1.29, 1.82) is 0 Å². The van der Waals surface area contributed by atoms with Crippen LogP contribution in [-0.2, 0) is 17.6 Å². The van der Waals surface area contributed by atoms with Crippen molar-refractivity contribution < 1.29 is 9.90 Å². The van der Waals surface area contributed by atoms with E-state index < -0.39 is 6.10 Å². The van der Waals surface area contributed by atoms with E-state index in [0.29, 0.717) is 12.8 Å². The van der Waals surface area contributed by atoms with Crippen LogP contribution < -0.4 is 5.32 Å². The van der Waals surface area contributed by atoms with Gasteiger partial charge in [-0.1, -0.05) is 84.9 Å². The molecule has 3 rings (SSSR count). The van der Waals surface area contributed by atoms with E-state index in [0.717, 1.165) is 22.3 Å². The Hall–Kier alpha value is -2.91. The molecule has 0 spiro atoms. The quantitative estimate of drug-likeness (QED) is 0.687. The zero-order valence-electron chi connectivity index (χ0n) is 14.6. The summed E-state index contributed by atoms with van der Waals surface area (Å²) in [4.78, 5) is 12.1. The monoisotopic (exact) mass is 345 g/mol. The first kappa shape index (κ1) is 17.9. The number of benzene rings is 3. The fourth-order valence-corrected chi connectivity index (χ4v) is 2.88. The molecular formula is C23H23NO2. The van der Waals surface area contributed by atoms with Crippen LogP contribution >= 0.6 is 0 Å². The van der Waals surface area contributed by atoms with Gasteiger partial charge in [0.1, 0.15) is 0 Å². The summed E-state index contributed by atoms with van der Waals surface area (Å²) >= 11 is 0. The second kappa shape index (κ2) is 8.97. The SMILES string of the molecule is O=C(Cc1ccc(-c2ccccc2)cc1)NC[C@H](O)Cc1ccccc1. The van der Waals surface area contributed by atoms with Crippen LogP contribution in [0.1, 0.15) is 11.1 Å². The maximum absolute atomic E-state index is 12.1. The van der Waals surface area contributed by atoms with E-state index in [2.05, 4.69) is 17.4 Å². The van der Waals surface area contributed by atoms with E-state index >= 15 is 0 Å². The molecule has 1 amide bonds. The summed E-state index contributed by atoms with van der Waals surface area (Å²) in [7, 11) is 0. The lowest BCUT2D eigenvalue weighted by atomic mass is 10.0. The van der Waals surface area contributed by atoms with Gasteiger partial charge in [0.2, 0.25) is 5.91 Å². The lowest BCUT2D eigenvalue weighted by molar-refractivity contribution is -0.120.